The SMILES string of the molecule is CCNC(=O)Nc1ccc(-c2c(C#N)c3cc(CC)ccc3n2CC)cc1. The summed E-state index contributed by atoms with van der Waals surface area (Å²) in [6.07, 6.45) is 0.938. The highest BCUT2D eigenvalue weighted by Gasteiger charge is 2.18. The second kappa shape index (κ2) is 7.96. The van der Waals surface area contributed by atoms with Crippen molar-refractivity contribution in [3.8, 4) is 17.3 Å². The number of aryl methyl sites for hydroxylation is 2. The van der Waals surface area contributed by atoms with Gasteiger partial charge in [-0.2, -0.15) is 5.26 Å². The molecular formula is C22H24N4O. The van der Waals surface area contributed by atoms with Crippen LogP contribution in [0, 0.1) is 11.3 Å². The maximum atomic E-state index is 11.7. The number of nitrogens with zero attached hydrogens (tertiary/aromatic N) is 2. The number of anilines is 1. The van der Waals surface area contributed by atoms with Crippen LogP contribution in [-0.2, 0) is 13.0 Å². The van der Waals surface area contributed by atoms with E-state index < -0.39 is 0 Å². The minimum absolute atomic E-state index is 0.224. The molecule has 0 aliphatic heterocycles. The Hall–Kier alpha value is -3.26. The summed E-state index contributed by atoms with van der Waals surface area (Å²) in [6, 6.07) is 16.1. The van der Waals surface area contributed by atoms with Gasteiger partial charge in [-0.05, 0) is 55.7 Å². The van der Waals surface area contributed by atoms with Crippen LogP contribution in [0.5, 0.6) is 0 Å². The largest absolute Gasteiger partial charge is 0.340 e. The summed E-state index contributed by atoms with van der Waals surface area (Å²) < 4.78 is 2.18. The van der Waals surface area contributed by atoms with Crippen molar-refractivity contribution in [3.63, 3.8) is 0 Å². The molecule has 1 heterocycles. The maximum absolute atomic E-state index is 11.7. The van der Waals surface area contributed by atoms with Crippen molar-refractivity contribution in [2.45, 2.75) is 33.7 Å². The molecule has 0 bridgehead atoms. The van der Waals surface area contributed by atoms with Gasteiger partial charge < -0.3 is 15.2 Å². The third kappa shape index (κ3) is 3.52. The van der Waals surface area contributed by atoms with Gasteiger partial charge in [-0.15, -0.1) is 0 Å². The molecule has 0 aliphatic carbocycles. The van der Waals surface area contributed by atoms with Crippen LogP contribution >= 0.6 is 0 Å². The predicted octanol–water partition coefficient (Wildman–Crippen LogP) is 4.90. The molecule has 5 nitrogen and oxygen atoms in total. The number of nitrogens with one attached hydrogen (secondary N) is 2. The van der Waals surface area contributed by atoms with E-state index in [0.29, 0.717) is 12.1 Å². The lowest BCUT2D eigenvalue weighted by Gasteiger charge is -2.10. The predicted molar refractivity (Wildman–Crippen MR) is 110 cm³/mol. The van der Waals surface area contributed by atoms with Gasteiger partial charge >= 0.3 is 6.03 Å². The van der Waals surface area contributed by atoms with Gasteiger partial charge in [0.05, 0.1) is 11.3 Å². The van der Waals surface area contributed by atoms with Gasteiger partial charge in [0.15, 0.2) is 0 Å². The quantitative estimate of drug-likeness (QED) is 0.679. The van der Waals surface area contributed by atoms with Crippen molar-refractivity contribution in [1.82, 2.24) is 9.88 Å². The molecule has 2 N–H and O–H groups in total. The fraction of sp³-hybridized carbons (Fsp3) is 0.273. The Balaban J connectivity index is 2.08. The fourth-order valence-electron chi connectivity index (χ4n) is 3.41. The molecule has 27 heavy (non-hydrogen) atoms. The van der Waals surface area contributed by atoms with Gasteiger partial charge in [-0.3, -0.25) is 0 Å². The number of hydrogen-bond donors (Lipinski definition) is 2. The van der Waals surface area contributed by atoms with Crippen molar-refractivity contribution < 1.29 is 4.79 Å². The molecule has 138 valence electrons. The third-order valence-electron chi connectivity index (χ3n) is 4.72. The minimum atomic E-state index is -0.224. The molecule has 5 heteroatoms. The van der Waals surface area contributed by atoms with Crippen LogP contribution in [0.15, 0.2) is 42.5 Å². The van der Waals surface area contributed by atoms with Crippen molar-refractivity contribution in [2.75, 3.05) is 11.9 Å². The lowest BCUT2D eigenvalue weighted by Crippen LogP contribution is -2.28. The fourth-order valence-corrected chi connectivity index (χ4v) is 3.41. The summed E-state index contributed by atoms with van der Waals surface area (Å²) in [5.74, 6) is 0. The molecule has 1 aromatic heterocycles. The van der Waals surface area contributed by atoms with Crippen LogP contribution in [0.1, 0.15) is 31.9 Å². The van der Waals surface area contributed by atoms with E-state index in [9.17, 15) is 10.1 Å². The number of aromatic nitrogens is 1. The molecule has 0 saturated carbocycles. The van der Waals surface area contributed by atoms with E-state index in [-0.39, 0.29) is 6.03 Å². The van der Waals surface area contributed by atoms with Crippen molar-refractivity contribution in [2.24, 2.45) is 0 Å². The normalized spacial score (nSPS) is 10.6. The number of nitriles is 1. The van der Waals surface area contributed by atoms with E-state index in [1.54, 1.807) is 0 Å². The van der Waals surface area contributed by atoms with Crippen molar-refractivity contribution in [3.05, 3.63) is 53.6 Å². The number of urea groups is 1. The van der Waals surface area contributed by atoms with E-state index >= 15 is 0 Å². The monoisotopic (exact) mass is 360 g/mol. The number of benzene rings is 2. The van der Waals surface area contributed by atoms with Gasteiger partial charge in [0.1, 0.15) is 6.07 Å². The van der Waals surface area contributed by atoms with Crippen molar-refractivity contribution >= 4 is 22.6 Å². The van der Waals surface area contributed by atoms with Crippen LogP contribution in [-0.4, -0.2) is 17.1 Å². The molecule has 0 saturated heterocycles. The standard InChI is InChI=1S/C22H24N4O/c1-4-15-7-12-20-18(13-15)19(14-23)21(26(20)6-3)16-8-10-17(11-9-16)25-22(27)24-5-2/h7-13H,4-6H2,1-3H3,(H2,24,25,27). The lowest BCUT2D eigenvalue weighted by molar-refractivity contribution is 0.252. The molecule has 2 amide bonds. The molecule has 3 aromatic rings. The van der Waals surface area contributed by atoms with E-state index in [0.717, 1.165) is 40.8 Å². The maximum Gasteiger partial charge on any atom is 0.319 e. The summed E-state index contributed by atoms with van der Waals surface area (Å²) in [7, 11) is 0. The number of fused-ring (bicyclic) bond motifs is 1. The zero-order valence-corrected chi connectivity index (χ0v) is 16.0. The van der Waals surface area contributed by atoms with Gasteiger partial charge in [0.2, 0.25) is 0 Å². The molecule has 3 rings (SSSR count). The minimum Gasteiger partial charge on any atom is -0.340 e. The first-order valence-electron chi connectivity index (χ1n) is 9.33. The molecule has 0 radical (unpaired) electrons. The Kier molecular flexibility index (Phi) is 5.46. The van der Waals surface area contributed by atoms with E-state index in [1.807, 2.05) is 31.2 Å². The first-order valence-corrected chi connectivity index (χ1v) is 9.33. The number of carbonyl (C=O) groups excluding carboxylic acids is 1. The van der Waals surface area contributed by atoms with Gasteiger partial charge in [0, 0.05) is 29.7 Å². The van der Waals surface area contributed by atoms with Crippen LogP contribution in [0.4, 0.5) is 10.5 Å². The summed E-state index contributed by atoms with van der Waals surface area (Å²) >= 11 is 0. The van der Waals surface area contributed by atoms with Crippen LogP contribution in [0.3, 0.4) is 0 Å². The highest BCUT2D eigenvalue weighted by atomic mass is 16.2. The van der Waals surface area contributed by atoms with Gasteiger partial charge in [-0.1, -0.05) is 25.1 Å². The smallest absolute Gasteiger partial charge is 0.319 e. The second-order valence-corrected chi connectivity index (χ2v) is 6.35. The Labute approximate surface area is 159 Å². The zero-order chi connectivity index (χ0) is 19.4. The third-order valence-corrected chi connectivity index (χ3v) is 4.72. The average Bonchev–Trinajstić information content (AvgIpc) is 3.01. The first kappa shape index (κ1) is 18.5. The highest BCUT2D eigenvalue weighted by molar-refractivity contribution is 5.95. The van der Waals surface area contributed by atoms with Crippen LogP contribution < -0.4 is 10.6 Å². The molecule has 0 unspecified atom stereocenters. The Bertz CT molecular complexity index is 1010. The highest BCUT2D eigenvalue weighted by Crippen LogP contribution is 2.34. The van der Waals surface area contributed by atoms with Gasteiger partial charge in [0.25, 0.3) is 0 Å². The van der Waals surface area contributed by atoms with E-state index in [4.69, 9.17) is 0 Å². The Morgan fingerprint density at radius 3 is 2.44 bits per heavy atom. The van der Waals surface area contributed by atoms with Crippen LogP contribution in [0.25, 0.3) is 22.2 Å². The van der Waals surface area contributed by atoms with Gasteiger partial charge in [-0.25, -0.2) is 4.79 Å². The number of rotatable bonds is 5. The molecule has 0 spiro atoms. The van der Waals surface area contributed by atoms with E-state index in [1.165, 1.54) is 5.56 Å². The second-order valence-electron chi connectivity index (χ2n) is 6.35. The summed E-state index contributed by atoms with van der Waals surface area (Å²) in [4.78, 5) is 11.7. The van der Waals surface area contributed by atoms with Crippen LogP contribution in [0.2, 0.25) is 0 Å². The van der Waals surface area contributed by atoms with E-state index in [2.05, 4.69) is 53.3 Å². The summed E-state index contributed by atoms with van der Waals surface area (Å²) in [5.41, 5.74) is 5.60. The summed E-state index contributed by atoms with van der Waals surface area (Å²) in [5, 5.41) is 16.4. The molecule has 0 fully saturated rings. The molecular weight excluding hydrogens is 336 g/mol. The molecule has 0 atom stereocenters. The molecule has 0 aliphatic rings. The lowest BCUT2D eigenvalue weighted by atomic mass is 10.0. The Morgan fingerprint density at radius 1 is 1.11 bits per heavy atom. The topological polar surface area (TPSA) is 69.8 Å². The van der Waals surface area contributed by atoms with Crippen molar-refractivity contribution in [1.29, 1.82) is 5.26 Å². The first-order chi connectivity index (χ1) is 13.1. The number of hydrogen-bond acceptors (Lipinski definition) is 2. The average molecular weight is 360 g/mol. The molecule has 2 aromatic carbocycles. The zero-order valence-electron chi connectivity index (χ0n) is 16.0. The summed E-state index contributed by atoms with van der Waals surface area (Å²) in [6.45, 7) is 7.43. The number of carbonyl (C=O) groups is 1. The Morgan fingerprint density at radius 2 is 1.85 bits per heavy atom. The number of amides is 2.